The molecule has 0 atom stereocenters. The number of carbonyl (C=O) groups excluding carboxylic acids is 1. The van der Waals surface area contributed by atoms with E-state index in [0.29, 0.717) is 5.56 Å². The lowest BCUT2D eigenvalue weighted by molar-refractivity contribution is -0.385. The molecule has 0 amide bonds. The second-order valence-electron chi connectivity index (χ2n) is 4.63. The van der Waals surface area contributed by atoms with Crippen LogP contribution in [0.3, 0.4) is 0 Å². The predicted molar refractivity (Wildman–Crippen MR) is 79.9 cm³/mol. The maximum atomic E-state index is 12.3. The monoisotopic (exact) mass is 301 g/mol. The summed E-state index contributed by atoms with van der Waals surface area (Å²) in [5.74, 6) is -0.732. The van der Waals surface area contributed by atoms with Gasteiger partial charge in [0.15, 0.2) is 0 Å². The Kier molecular flexibility index (Phi) is 4.73. The Morgan fingerprint density at radius 2 is 1.86 bits per heavy atom. The molecule has 0 bridgehead atoms. The molecule has 22 heavy (non-hydrogen) atoms. The van der Waals surface area contributed by atoms with Gasteiger partial charge in [0.1, 0.15) is 12.2 Å². The summed E-state index contributed by atoms with van der Waals surface area (Å²) < 4.78 is 10.3. The van der Waals surface area contributed by atoms with Crippen molar-refractivity contribution < 1.29 is 19.2 Å². The number of rotatable bonds is 5. The molecule has 0 saturated carbocycles. The van der Waals surface area contributed by atoms with Crippen LogP contribution < -0.4 is 4.74 Å². The highest BCUT2D eigenvalue weighted by Crippen LogP contribution is 2.33. The molecule has 6 heteroatoms. The van der Waals surface area contributed by atoms with Gasteiger partial charge >= 0.3 is 11.7 Å². The van der Waals surface area contributed by atoms with Crippen LogP contribution in [0.15, 0.2) is 42.5 Å². The van der Waals surface area contributed by atoms with Crippen molar-refractivity contribution in [2.75, 3.05) is 7.11 Å². The van der Waals surface area contributed by atoms with Crippen molar-refractivity contribution in [3.05, 3.63) is 69.3 Å². The molecule has 2 aromatic rings. The molecule has 0 unspecified atom stereocenters. The fraction of sp³-hybridized carbons (Fsp3) is 0.188. The van der Waals surface area contributed by atoms with Crippen molar-refractivity contribution in [3.8, 4) is 5.75 Å². The Morgan fingerprint density at radius 3 is 2.45 bits per heavy atom. The lowest BCUT2D eigenvalue weighted by Gasteiger charge is -2.11. The molecule has 0 saturated heterocycles. The summed E-state index contributed by atoms with van der Waals surface area (Å²) in [6.07, 6.45) is 0. The lowest BCUT2D eigenvalue weighted by Crippen LogP contribution is -2.10. The van der Waals surface area contributed by atoms with E-state index in [0.717, 1.165) is 5.56 Å². The molecule has 2 aromatic carbocycles. The number of benzene rings is 2. The Hall–Kier alpha value is -2.89. The zero-order valence-electron chi connectivity index (χ0n) is 12.2. The van der Waals surface area contributed by atoms with Gasteiger partial charge < -0.3 is 9.47 Å². The maximum Gasteiger partial charge on any atom is 0.342 e. The number of hydrogen-bond acceptors (Lipinski definition) is 5. The van der Waals surface area contributed by atoms with Gasteiger partial charge in [-0.25, -0.2) is 4.79 Å². The third-order valence-electron chi connectivity index (χ3n) is 3.16. The summed E-state index contributed by atoms with van der Waals surface area (Å²) in [6.45, 7) is 1.76. The van der Waals surface area contributed by atoms with Gasteiger partial charge in [0, 0.05) is 6.07 Å². The van der Waals surface area contributed by atoms with Crippen molar-refractivity contribution in [1.82, 2.24) is 0 Å². The third-order valence-corrected chi connectivity index (χ3v) is 3.16. The Morgan fingerprint density at radius 1 is 1.18 bits per heavy atom. The smallest absolute Gasteiger partial charge is 0.342 e. The molecule has 0 aliphatic rings. The summed E-state index contributed by atoms with van der Waals surface area (Å²) in [4.78, 5) is 22.7. The number of nitro groups is 1. The number of nitro benzene ring substituents is 1. The summed E-state index contributed by atoms with van der Waals surface area (Å²) in [5, 5.41) is 11.0. The van der Waals surface area contributed by atoms with Gasteiger partial charge in [-0.15, -0.1) is 0 Å². The van der Waals surface area contributed by atoms with Crippen molar-refractivity contribution in [3.63, 3.8) is 0 Å². The van der Waals surface area contributed by atoms with E-state index in [1.54, 1.807) is 6.92 Å². The molecule has 0 fully saturated rings. The van der Waals surface area contributed by atoms with Crippen molar-refractivity contribution >= 4 is 11.7 Å². The molecule has 0 heterocycles. The molecule has 0 aromatic heterocycles. The van der Waals surface area contributed by atoms with E-state index in [2.05, 4.69) is 0 Å². The van der Waals surface area contributed by atoms with Gasteiger partial charge in [0.25, 0.3) is 0 Å². The van der Waals surface area contributed by atoms with Crippen LogP contribution in [0.5, 0.6) is 5.75 Å². The van der Waals surface area contributed by atoms with Crippen LogP contribution in [0.1, 0.15) is 21.5 Å². The molecular formula is C16H15NO5. The summed E-state index contributed by atoms with van der Waals surface area (Å²) in [5.41, 5.74) is 1.20. The minimum Gasteiger partial charge on any atom is -0.490 e. The topological polar surface area (TPSA) is 78.7 Å². The lowest BCUT2D eigenvalue weighted by atomic mass is 10.1. The van der Waals surface area contributed by atoms with Crippen molar-refractivity contribution in [2.45, 2.75) is 13.5 Å². The molecule has 0 aliphatic carbocycles. The van der Waals surface area contributed by atoms with Crippen LogP contribution in [0.4, 0.5) is 5.69 Å². The molecule has 0 spiro atoms. The van der Waals surface area contributed by atoms with Crippen LogP contribution in [0, 0.1) is 17.0 Å². The quantitative estimate of drug-likeness (QED) is 0.481. The average molecular weight is 301 g/mol. The third kappa shape index (κ3) is 3.22. The normalized spacial score (nSPS) is 10.1. The van der Waals surface area contributed by atoms with E-state index in [4.69, 9.17) is 9.47 Å². The number of nitrogens with zero attached hydrogens (tertiary/aromatic N) is 1. The Bertz CT molecular complexity index is 697. The summed E-state index contributed by atoms with van der Waals surface area (Å²) in [6, 6.07) is 12.0. The average Bonchev–Trinajstić information content (AvgIpc) is 2.52. The molecule has 114 valence electrons. The number of esters is 1. The highest BCUT2D eigenvalue weighted by molar-refractivity contribution is 5.95. The fourth-order valence-corrected chi connectivity index (χ4v) is 2.07. The van der Waals surface area contributed by atoms with Gasteiger partial charge in [-0.1, -0.05) is 36.4 Å². The zero-order chi connectivity index (χ0) is 16.1. The van der Waals surface area contributed by atoms with Crippen LogP contribution >= 0.6 is 0 Å². The molecule has 0 aliphatic heterocycles. The Balaban J connectivity index is 2.29. The number of ether oxygens (including phenoxy) is 2. The number of hydrogen-bond donors (Lipinski definition) is 0. The van der Waals surface area contributed by atoms with E-state index in [9.17, 15) is 14.9 Å². The van der Waals surface area contributed by atoms with Crippen LogP contribution in [-0.4, -0.2) is 18.0 Å². The van der Waals surface area contributed by atoms with Crippen LogP contribution in [-0.2, 0) is 11.3 Å². The number of methoxy groups -OCH3 is 1. The zero-order valence-corrected chi connectivity index (χ0v) is 12.2. The van der Waals surface area contributed by atoms with Gasteiger partial charge in [0.2, 0.25) is 5.75 Å². The first-order valence-corrected chi connectivity index (χ1v) is 6.57. The minimum absolute atomic E-state index is 0.0765. The standard InChI is InChI=1S/C16H15NO5/c1-11-8-9-13(17(19)20)15(21-2)14(11)16(18)22-10-12-6-4-3-5-7-12/h3-9H,10H2,1-2H3. The second-order valence-corrected chi connectivity index (χ2v) is 4.63. The van der Waals surface area contributed by atoms with Crippen LogP contribution in [0.25, 0.3) is 0 Å². The van der Waals surface area contributed by atoms with E-state index < -0.39 is 10.9 Å². The van der Waals surface area contributed by atoms with Gasteiger partial charge in [-0.05, 0) is 18.1 Å². The second kappa shape index (κ2) is 6.71. The van der Waals surface area contributed by atoms with E-state index in [-0.39, 0.29) is 23.6 Å². The fourth-order valence-electron chi connectivity index (χ4n) is 2.07. The number of aryl methyl sites for hydroxylation is 1. The largest absolute Gasteiger partial charge is 0.490 e. The van der Waals surface area contributed by atoms with Crippen molar-refractivity contribution in [2.24, 2.45) is 0 Å². The summed E-state index contributed by atoms with van der Waals surface area (Å²) >= 11 is 0. The number of carbonyl (C=O) groups is 1. The van der Waals surface area contributed by atoms with E-state index in [1.165, 1.54) is 19.2 Å². The molecule has 2 rings (SSSR count). The van der Waals surface area contributed by atoms with Crippen LogP contribution in [0.2, 0.25) is 0 Å². The highest BCUT2D eigenvalue weighted by atomic mass is 16.6. The first-order valence-electron chi connectivity index (χ1n) is 6.57. The molecule has 0 radical (unpaired) electrons. The Labute approximate surface area is 127 Å². The minimum atomic E-state index is -0.651. The molecular weight excluding hydrogens is 286 g/mol. The molecule has 6 nitrogen and oxygen atoms in total. The van der Waals surface area contributed by atoms with Gasteiger partial charge in [0.05, 0.1) is 12.0 Å². The van der Waals surface area contributed by atoms with E-state index >= 15 is 0 Å². The van der Waals surface area contributed by atoms with Gasteiger partial charge in [-0.3, -0.25) is 10.1 Å². The van der Waals surface area contributed by atoms with Gasteiger partial charge in [-0.2, -0.15) is 0 Å². The maximum absolute atomic E-state index is 12.3. The molecule has 0 N–H and O–H groups in total. The summed E-state index contributed by atoms with van der Waals surface area (Å²) in [7, 11) is 1.29. The van der Waals surface area contributed by atoms with E-state index in [1.807, 2.05) is 30.3 Å². The van der Waals surface area contributed by atoms with Crippen molar-refractivity contribution in [1.29, 1.82) is 0 Å². The highest BCUT2D eigenvalue weighted by Gasteiger charge is 2.26. The first-order chi connectivity index (χ1) is 10.5. The first kappa shape index (κ1) is 15.5. The SMILES string of the molecule is COc1c([N+](=O)[O-])ccc(C)c1C(=O)OCc1ccccc1. The predicted octanol–water partition coefficient (Wildman–Crippen LogP) is 3.27.